The Labute approximate surface area is 140 Å². The second-order valence-electron chi connectivity index (χ2n) is 6.27. The van der Waals surface area contributed by atoms with Gasteiger partial charge in [-0.15, -0.1) is 10.2 Å². The van der Waals surface area contributed by atoms with Crippen LogP contribution in [0.3, 0.4) is 0 Å². The zero-order chi connectivity index (χ0) is 16.1. The molecule has 3 atom stereocenters. The highest BCUT2D eigenvalue weighted by Gasteiger charge is 2.33. The molecule has 0 radical (unpaired) electrons. The number of carbonyl (C=O) groups excluding carboxylic acids is 1. The van der Waals surface area contributed by atoms with Crippen LogP contribution in [-0.2, 0) is 9.53 Å². The topological polar surface area (TPSA) is 64.1 Å². The molecule has 0 saturated heterocycles. The minimum Gasteiger partial charge on any atom is -0.461 e. The lowest BCUT2D eigenvalue weighted by molar-refractivity contribution is -0.152. The number of nitrogens with one attached hydrogen (secondary N) is 1. The molecule has 124 valence electrons. The number of aromatic nitrogens is 2. The number of carbonyl (C=O) groups is 1. The number of thioether (sulfide) groups is 1. The number of anilines is 1. The maximum Gasteiger partial charge on any atom is 0.316 e. The molecule has 0 unspecified atom stereocenters. The van der Waals surface area contributed by atoms with Crippen LogP contribution in [0, 0.1) is 17.8 Å². The Morgan fingerprint density at radius 2 is 2.23 bits per heavy atom. The van der Waals surface area contributed by atoms with E-state index in [9.17, 15) is 4.79 Å². The Bertz CT molecular complexity index is 493. The fourth-order valence-electron chi connectivity index (χ4n) is 2.94. The first kappa shape index (κ1) is 17.5. The Morgan fingerprint density at radius 3 is 2.86 bits per heavy atom. The Hall–Kier alpha value is -0.820. The molecule has 1 aromatic rings. The fraction of sp³-hybridized carbons (Fsp3) is 0.800. The van der Waals surface area contributed by atoms with Crippen molar-refractivity contribution in [1.29, 1.82) is 0 Å². The van der Waals surface area contributed by atoms with Gasteiger partial charge in [0, 0.05) is 7.05 Å². The van der Waals surface area contributed by atoms with Crippen LogP contribution in [0.15, 0.2) is 4.34 Å². The van der Waals surface area contributed by atoms with Crippen LogP contribution in [0.4, 0.5) is 5.13 Å². The molecule has 1 saturated carbocycles. The van der Waals surface area contributed by atoms with Crippen molar-refractivity contribution in [2.45, 2.75) is 50.5 Å². The van der Waals surface area contributed by atoms with Crippen LogP contribution in [0.5, 0.6) is 0 Å². The minimum absolute atomic E-state index is 0.0686. The van der Waals surface area contributed by atoms with Gasteiger partial charge in [-0.2, -0.15) is 0 Å². The predicted octanol–water partition coefficient (Wildman–Crippen LogP) is 3.68. The first-order chi connectivity index (χ1) is 10.5. The smallest absolute Gasteiger partial charge is 0.316 e. The van der Waals surface area contributed by atoms with Gasteiger partial charge in [-0.3, -0.25) is 4.79 Å². The number of nitrogens with zero attached hydrogens (tertiary/aromatic N) is 2. The van der Waals surface area contributed by atoms with Crippen LogP contribution < -0.4 is 5.32 Å². The van der Waals surface area contributed by atoms with E-state index < -0.39 is 0 Å². The van der Waals surface area contributed by atoms with Gasteiger partial charge < -0.3 is 10.1 Å². The van der Waals surface area contributed by atoms with Gasteiger partial charge in [0.25, 0.3) is 0 Å². The van der Waals surface area contributed by atoms with E-state index in [1.54, 1.807) is 7.05 Å². The normalized spacial score (nSPS) is 25.2. The van der Waals surface area contributed by atoms with Crippen molar-refractivity contribution in [3.05, 3.63) is 0 Å². The standard InChI is InChI=1S/C15H25N3O2S2/c1-9(2)11-6-5-10(3)7-12(11)20-13(19)8-21-15-18-17-14(16-4)22-15/h9-12H,5-8H2,1-4H3,(H,16,17)/t10-,11-,12-/m1/s1. The molecule has 1 fully saturated rings. The third kappa shape index (κ3) is 4.84. The molecule has 1 aliphatic rings. The highest BCUT2D eigenvalue weighted by Crippen LogP contribution is 2.35. The SMILES string of the molecule is CNc1nnc(SCC(=O)O[C@@H]2C[C@H](C)CC[C@@H]2C(C)C)s1. The van der Waals surface area contributed by atoms with Crippen molar-refractivity contribution < 1.29 is 9.53 Å². The van der Waals surface area contributed by atoms with Crippen molar-refractivity contribution in [1.82, 2.24) is 10.2 Å². The first-order valence-electron chi connectivity index (χ1n) is 7.83. The molecule has 7 heteroatoms. The van der Waals surface area contributed by atoms with Gasteiger partial charge in [0.2, 0.25) is 5.13 Å². The Morgan fingerprint density at radius 1 is 1.45 bits per heavy atom. The lowest BCUT2D eigenvalue weighted by Crippen LogP contribution is -2.36. The third-order valence-electron chi connectivity index (χ3n) is 4.18. The van der Waals surface area contributed by atoms with E-state index in [1.807, 2.05) is 0 Å². The molecule has 22 heavy (non-hydrogen) atoms. The molecule has 1 N–H and O–H groups in total. The zero-order valence-electron chi connectivity index (χ0n) is 13.7. The number of ether oxygens (including phenoxy) is 1. The van der Waals surface area contributed by atoms with Crippen LogP contribution in [-0.4, -0.2) is 35.1 Å². The summed E-state index contributed by atoms with van der Waals surface area (Å²) < 4.78 is 6.56. The van der Waals surface area contributed by atoms with Gasteiger partial charge in [-0.1, -0.05) is 50.3 Å². The monoisotopic (exact) mass is 343 g/mol. The van der Waals surface area contributed by atoms with Gasteiger partial charge in [0.05, 0.1) is 5.75 Å². The first-order valence-corrected chi connectivity index (χ1v) is 9.63. The van der Waals surface area contributed by atoms with Gasteiger partial charge in [0.15, 0.2) is 4.34 Å². The minimum atomic E-state index is -0.143. The quantitative estimate of drug-likeness (QED) is 0.628. The molecule has 5 nitrogen and oxygen atoms in total. The van der Waals surface area contributed by atoms with Crippen molar-refractivity contribution in [3.63, 3.8) is 0 Å². The van der Waals surface area contributed by atoms with Crippen LogP contribution >= 0.6 is 23.1 Å². The predicted molar refractivity (Wildman–Crippen MR) is 91.4 cm³/mol. The maximum absolute atomic E-state index is 12.1. The maximum atomic E-state index is 12.1. The molecule has 0 aliphatic heterocycles. The summed E-state index contributed by atoms with van der Waals surface area (Å²) >= 11 is 2.84. The third-order valence-corrected chi connectivity index (χ3v) is 6.23. The van der Waals surface area contributed by atoms with E-state index in [4.69, 9.17) is 4.74 Å². The van der Waals surface area contributed by atoms with E-state index >= 15 is 0 Å². The van der Waals surface area contributed by atoms with E-state index in [2.05, 4.69) is 36.3 Å². The number of hydrogen-bond acceptors (Lipinski definition) is 7. The lowest BCUT2D eigenvalue weighted by atomic mass is 9.75. The molecule has 0 aromatic carbocycles. The zero-order valence-corrected chi connectivity index (χ0v) is 15.3. The molecule has 0 bridgehead atoms. The van der Waals surface area contributed by atoms with Crippen molar-refractivity contribution in [2.75, 3.05) is 18.1 Å². The molecule has 0 amide bonds. The molecular weight excluding hydrogens is 318 g/mol. The molecule has 0 spiro atoms. The van der Waals surface area contributed by atoms with Crippen molar-refractivity contribution in [3.8, 4) is 0 Å². The lowest BCUT2D eigenvalue weighted by Gasteiger charge is -2.36. The fourth-order valence-corrected chi connectivity index (χ4v) is 4.43. The number of hydrogen-bond donors (Lipinski definition) is 1. The Kier molecular flexibility index (Phi) is 6.50. The average molecular weight is 344 g/mol. The van der Waals surface area contributed by atoms with Gasteiger partial charge in [-0.05, 0) is 30.6 Å². The van der Waals surface area contributed by atoms with E-state index in [-0.39, 0.29) is 12.1 Å². The van der Waals surface area contributed by atoms with Crippen molar-refractivity contribution in [2.24, 2.45) is 17.8 Å². The van der Waals surface area contributed by atoms with Crippen LogP contribution in [0.2, 0.25) is 0 Å². The molecule has 2 rings (SSSR count). The van der Waals surface area contributed by atoms with Crippen molar-refractivity contribution >= 4 is 34.2 Å². The van der Waals surface area contributed by atoms with E-state index in [1.165, 1.54) is 29.5 Å². The summed E-state index contributed by atoms with van der Waals surface area (Å²) in [5.74, 6) is 1.84. The van der Waals surface area contributed by atoms with E-state index in [0.717, 1.165) is 22.3 Å². The molecule has 1 heterocycles. The average Bonchev–Trinajstić information content (AvgIpc) is 2.93. The summed E-state index contributed by atoms with van der Waals surface area (Å²) in [5.41, 5.74) is 0. The Balaban J connectivity index is 1.84. The second kappa shape index (κ2) is 8.15. The largest absolute Gasteiger partial charge is 0.461 e. The van der Waals surface area contributed by atoms with Gasteiger partial charge in [-0.25, -0.2) is 0 Å². The van der Waals surface area contributed by atoms with Gasteiger partial charge in [0.1, 0.15) is 6.10 Å². The highest BCUT2D eigenvalue weighted by molar-refractivity contribution is 8.01. The summed E-state index contributed by atoms with van der Waals surface area (Å²) in [6, 6.07) is 0. The summed E-state index contributed by atoms with van der Waals surface area (Å²) in [6.07, 6.45) is 3.45. The molecular formula is C15H25N3O2S2. The summed E-state index contributed by atoms with van der Waals surface area (Å²) in [5, 5.41) is 11.7. The summed E-state index contributed by atoms with van der Waals surface area (Å²) in [4.78, 5) is 12.1. The van der Waals surface area contributed by atoms with Crippen LogP contribution in [0.1, 0.15) is 40.0 Å². The molecule has 1 aliphatic carbocycles. The summed E-state index contributed by atoms with van der Waals surface area (Å²) in [6.45, 7) is 6.68. The van der Waals surface area contributed by atoms with E-state index in [0.29, 0.717) is 23.5 Å². The summed E-state index contributed by atoms with van der Waals surface area (Å²) in [7, 11) is 1.81. The number of esters is 1. The molecule has 1 aromatic heterocycles. The second-order valence-corrected chi connectivity index (χ2v) is 8.47. The van der Waals surface area contributed by atoms with Crippen LogP contribution in [0.25, 0.3) is 0 Å². The number of rotatable bonds is 6. The highest BCUT2D eigenvalue weighted by atomic mass is 32.2. The van der Waals surface area contributed by atoms with Gasteiger partial charge >= 0.3 is 5.97 Å².